The number of hydrogen-bond acceptors (Lipinski definition) is 8. The molecule has 10 nitrogen and oxygen atoms in total. The van der Waals surface area contributed by atoms with Crippen LogP contribution in [0.5, 0.6) is 5.75 Å². The number of hydrogen-bond donors (Lipinski definition) is 4. The van der Waals surface area contributed by atoms with Gasteiger partial charge in [0.2, 0.25) is 5.95 Å². The van der Waals surface area contributed by atoms with E-state index in [0.717, 1.165) is 29.5 Å². The van der Waals surface area contributed by atoms with Crippen molar-refractivity contribution in [1.82, 2.24) is 14.9 Å². The lowest BCUT2D eigenvalue weighted by Crippen LogP contribution is -2.18. The van der Waals surface area contributed by atoms with Gasteiger partial charge in [-0.3, -0.25) is 9.36 Å². The molecule has 2 atom stereocenters. The molecule has 1 saturated carbocycles. The number of fused-ring (bicyclic) bond motifs is 1. The Kier molecular flexibility index (Phi) is 9.71. The van der Waals surface area contributed by atoms with Gasteiger partial charge in [-0.05, 0) is 79.3 Å². The van der Waals surface area contributed by atoms with E-state index in [0.29, 0.717) is 55.4 Å². The Labute approximate surface area is 259 Å². The Morgan fingerprint density at radius 3 is 2.49 bits per heavy atom. The first-order valence-electron chi connectivity index (χ1n) is 14.9. The molecule has 0 bridgehead atoms. The van der Waals surface area contributed by atoms with E-state index in [2.05, 4.69) is 20.6 Å². The SMILES string of the molecule is CCC(Cc1ccc(Nc2ncc(C(F)(F)F)c(Nc3ccc([C@H]4CC[C@H](O)CC4)c4c3C(=O)N(C)C4)n2)c(OC)c1)[PH](=O)O. The van der Waals surface area contributed by atoms with E-state index in [-0.39, 0.29) is 35.2 Å². The normalized spacial score (nSPS) is 19.6. The molecule has 2 heterocycles. The van der Waals surface area contributed by atoms with E-state index in [4.69, 9.17) is 4.74 Å². The second kappa shape index (κ2) is 13.4. The number of anilines is 4. The highest BCUT2D eigenvalue weighted by Crippen LogP contribution is 2.42. The number of alkyl halides is 3. The number of carbonyl (C=O) groups is 1. The number of aliphatic hydroxyl groups is 1. The molecule has 242 valence electrons. The molecular formula is C31H37F3N5O5P. The topological polar surface area (TPSA) is 137 Å². The Balaban J connectivity index is 1.47. The molecule has 0 radical (unpaired) electrons. The minimum Gasteiger partial charge on any atom is -0.495 e. The number of nitrogens with one attached hydrogen (secondary N) is 2. The predicted molar refractivity (Wildman–Crippen MR) is 165 cm³/mol. The van der Waals surface area contributed by atoms with E-state index in [1.807, 2.05) is 13.0 Å². The summed E-state index contributed by atoms with van der Waals surface area (Å²) < 4.78 is 59.5. The molecular weight excluding hydrogens is 610 g/mol. The first-order valence-corrected chi connectivity index (χ1v) is 16.3. The van der Waals surface area contributed by atoms with Crippen molar-refractivity contribution < 1.29 is 37.3 Å². The standard InChI is InChI=1S/C31H37F3N5O5P/c1-4-20(45(42)43)13-17-5-11-24(26(14-17)44-3)37-30-35-15-23(31(32,33)34)28(38-30)36-25-12-10-21(18-6-8-19(40)9-7-18)22-16-39(2)29(41)27(22)25/h5,10-12,14-15,18-20,40,45H,4,6-9,13,16H2,1-3H3,(H,42,43)(H2,35,36,37,38)/t18-,19-,20?. The minimum atomic E-state index is -4.78. The predicted octanol–water partition coefficient (Wildman–Crippen LogP) is 6.38. The molecule has 5 rings (SSSR count). The summed E-state index contributed by atoms with van der Waals surface area (Å²) in [5, 5.41) is 15.7. The number of aliphatic hydroxyl groups excluding tert-OH is 1. The zero-order valence-corrected chi connectivity index (χ0v) is 26.2. The van der Waals surface area contributed by atoms with Crippen LogP contribution in [-0.2, 0) is 23.7 Å². The molecule has 2 aliphatic rings. The number of benzene rings is 2. The van der Waals surface area contributed by atoms with Crippen molar-refractivity contribution in [3.8, 4) is 5.75 Å². The number of carbonyl (C=O) groups excluding carboxylic acids is 1. The number of halogens is 3. The van der Waals surface area contributed by atoms with Crippen LogP contribution >= 0.6 is 8.03 Å². The van der Waals surface area contributed by atoms with Gasteiger partial charge in [-0.2, -0.15) is 18.2 Å². The fraction of sp³-hybridized carbons (Fsp3) is 0.452. The fourth-order valence-corrected chi connectivity index (χ4v) is 6.86. The van der Waals surface area contributed by atoms with Gasteiger partial charge in [0.1, 0.15) is 17.1 Å². The molecule has 14 heteroatoms. The molecule has 1 aliphatic carbocycles. The highest BCUT2D eigenvalue weighted by atomic mass is 31.1. The summed E-state index contributed by atoms with van der Waals surface area (Å²) in [6.45, 7) is 2.18. The number of ether oxygens (including phenoxy) is 1. The van der Waals surface area contributed by atoms with Crippen molar-refractivity contribution in [2.45, 2.75) is 75.9 Å². The number of amides is 1. The third-order valence-electron chi connectivity index (χ3n) is 8.63. The molecule has 1 aromatic heterocycles. The van der Waals surface area contributed by atoms with Crippen LogP contribution < -0.4 is 15.4 Å². The Bertz CT molecular complexity index is 1600. The third-order valence-corrected chi connectivity index (χ3v) is 9.94. The van der Waals surface area contributed by atoms with E-state index in [1.54, 1.807) is 31.3 Å². The van der Waals surface area contributed by atoms with Gasteiger partial charge in [-0.1, -0.05) is 19.1 Å². The third kappa shape index (κ3) is 7.10. The summed E-state index contributed by atoms with van der Waals surface area (Å²) in [4.78, 5) is 32.4. The molecule has 1 fully saturated rings. The maximum atomic E-state index is 14.1. The second-order valence-corrected chi connectivity index (χ2v) is 13.1. The zero-order valence-electron chi connectivity index (χ0n) is 25.2. The van der Waals surface area contributed by atoms with Crippen molar-refractivity contribution >= 4 is 37.1 Å². The minimum absolute atomic E-state index is 0.138. The Morgan fingerprint density at radius 2 is 1.84 bits per heavy atom. The van der Waals surface area contributed by atoms with Gasteiger partial charge < -0.3 is 30.3 Å². The number of methoxy groups -OCH3 is 1. The highest BCUT2D eigenvalue weighted by molar-refractivity contribution is 7.38. The monoisotopic (exact) mass is 647 g/mol. The number of aromatic nitrogens is 2. The quantitative estimate of drug-likeness (QED) is 0.185. The second-order valence-electron chi connectivity index (χ2n) is 11.6. The average molecular weight is 648 g/mol. The van der Waals surface area contributed by atoms with Crippen LogP contribution in [0.4, 0.5) is 36.3 Å². The molecule has 2 aromatic carbocycles. The van der Waals surface area contributed by atoms with Gasteiger partial charge in [0.15, 0.2) is 8.03 Å². The molecule has 2 unspecified atom stereocenters. The van der Waals surface area contributed by atoms with Crippen molar-refractivity contribution in [3.63, 3.8) is 0 Å². The maximum Gasteiger partial charge on any atom is 0.421 e. The van der Waals surface area contributed by atoms with Crippen molar-refractivity contribution in [3.05, 3.63) is 64.3 Å². The van der Waals surface area contributed by atoms with Gasteiger partial charge in [0.05, 0.1) is 30.2 Å². The van der Waals surface area contributed by atoms with E-state index < -0.39 is 25.6 Å². The van der Waals surface area contributed by atoms with Gasteiger partial charge >= 0.3 is 6.18 Å². The van der Waals surface area contributed by atoms with Crippen LogP contribution in [0.3, 0.4) is 0 Å². The molecule has 4 N–H and O–H groups in total. The molecule has 0 spiro atoms. The van der Waals surface area contributed by atoms with Crippen LogP contribution in [0.25, 0.3) is 0 Å². The lowest BCUT2D eigenvalue weighted by atomic mass is 9.80. The van der Waals surface area contributed by atoms with Gasteiger partial charge in [0.25, 0.3) is 5.91 Å². The van der Waals surface area contributed by atoms with Crippen molar-refractivity contribution in [2.24, 2.45) is 0 Å². The van der Waals surface area contributed by atoms with Crippen LogP contribution in [-0.4, -0.2) is 56.7 Å². The largest absolute Gasteiger partial charge is 0.495 e. The molecule has 45 heavy (non-hydrogen) atoms. The lowest BCUT2D eigenvalue weighted by Gasteiger charge is -2.27. The van der Waals surface area contributed by atoms with E-state index in [9.17, 15) is 32.5 Å². The van der Waals surface area contributed by atoms with Crippen LogP contribution in [0.15, 0.2) is 36.5 Å². The van der Waals surface area contributed by atoms with Gasteiger partial charge in [0, 0.05) is 25.4 Å². The van der Waals surface area contributed by atoms with Gasteiger partial charge in [-0.15, -0.1) is 0 Å². The maximum absolute atomic E-state index is 14.1. The van der Waals surface area contributed by atoms with Crippen LogP contribution in [0.2, 0.25) is 0 Å². The molecule has 1 aliphatic heterocycles. The first kappa shape index (κ1) is 32.7. The summed E-state index contributed by atoms with van der Waals surface area (Å²) >= 11 is 0. The molecule has 0 saturated heterocycles. The lowest BCUT2D eigenvalue weighted by molar-refractivity contribution is -0.137. The Hall–Kier alpha value is -3.67. The highest BCUT2D eigenvalue weighted by Gasteiger charge is 2.37. The number of nitrogens with zero attached hydrogens (tertiary/aromatic N) is 3. The Morgan fingerprint density at radius 1 is 1.13 bits per heavy atom. The van der Waals surface area contributed by atoms with E-state index in [1.165, 1.54) is 12.0 Å². The summed E-state index contributed by atoms with van der Waals surface area (Å²) in [6, 6.07) is 8.55. The summed E-state index contributed by atoms with van der Waals surface area (Å²) in [5.41, 5.74) is 1.95. The summed E-state index contributed by atoms with van der Waals surface area (Å²) in [5.74, 6) is -0.450. The van der Waals surface area contributed by atoms with Crippen molar-refractivity contribution in [2.75, 3.05) is 24.8 Å². The van der Waals surface area contributed by atoms with Crippen LogP contribution in [0.1, 0.15) is 77.6 Å². The van der Waals surface area contributed by atoms with Crippen LogP contribution in [0, 0.1) is 0 Å². The number of rotatable bonds is 10. The zero-order chi connectivity index (χ0) is 32.5. The molecule has 3 aromatic rings. The van der Waals surface area contributed by atoms with E-state index >= 15 is 0 Å². The molecule has 1 amide bonds. The summed E-state index contributed by atoms with van der Waals surface area (Å²) in [7, 11) is 0.364. The average Bonchev–Trinajstić information content (AvgIpc) is 3.30. The smallest absolute Gasteiger partial charge is 0.421 e. The van der Waals surface area contributed by atoms with Gasteiger partial charge in [-0.25, -0.2) is 4.98 Å². The fourth-order valence-electron chi connectivity index (χ4n) is 6.10. The first-order chi connectivity index (χ1) is 21.4. The summed E-state index contributed by atoms with van der Waals surface area (Å²) in [6.07, 6.45) is -0.692. The van der Waals surface area contributed by atoms with Crippen molar-refractivity contribution in [1.29, 1.82) is 0 Å².